The van der Waals surface area contributed by atoms with Crippen LogP contribution < -0.4 is 10.6 Å². The summed E-state index contributed by atoms with van der Waals surface area (Å²) in [5.74, 6) is -0.512. The van der Waals surface area contributed by atoms with Crippen molar-refractivity contribution in [3.8, 4) is 11.9 Å². The van der Waals surface area contributed by atoms with E-state index in [2.05, 4.69) is 15.6 Å². The van der Waals surface area contributed by atoms with Gasteiger partial charge in [-0.3, -0.25) is 5.32 Å². The van der Waals surface area contributed by atoms with Gasteiger partial charge in [-0.25, -0.2) is 13.4 Å². The Labute approximate surface area is 152 Å². The predicted molar refractivity (Wildman–Crippen MR) is 95.0 cm³/mol. The maximum absolute atomic E-state index is 11.5. The number of hydrogen-bond acceptors (Lipinski definition) is 6. The molecule has 7 nitrogen and oxygen atoms in total. The normalized spacial score (nSPS) is 11.8. The minimum absolute atomic E-state index is 0.0604. The van der Waals surface area contributed by atoms with Gasteiger partial charge in [-0.2, -0.15) is 5.26 Å². The molecule has 0 atom stereocenters. The number of hydrogen-bond donors (Lipinski definition) is 3. The molecule has 126 valence electrons. The molecule has 0 aliphatic heterocycles. The highest BCUT2D eigenvalue weighted by molar-refractivity contribution is 7.92. The van der Waals surface area contributed by atoms with Crippen LogP contribution in [0.4, 0.5) is 11.4 Å². The quantitative estimate of drug-likeness (QED) is 0.312. The molecule has 0 unspecified atom stereocenters. The fourth-order valence-corrected chi connectivity index (χ4v) is 3.91. The Morgan fingerprint density at radius 1 is 1.42 bits per heavy atom. The largest absolute Gasteiger partial charge is 0.504 e. The van der Waals surface area contributed by atoms with Crippen molar-refractivity contribution in [3.05, 3.63) is 33.6 Å². The Hall–Kier alpha value is -1.99. The van der Waals surface area contributed by atoms with Gasteiger partial charge in [0.25, 0.3) is 0 Å². The molecular formula is C13H10Cl2N4O3S2. The molecule has 1 aromatic carbocycles. The fraction of sp³-hybridized carbons (Fsp3) is 0.0769. The van der Waals surface area contributed by atoms with Crippen molar-refractivity contribution < 1.29 is 13.5 Å². The second-order valence-corrected chi connectivity index (χ2v) is 8.33. The van der Waals surface area contributed by atoms with Crippen LogP contribution in [-0.2, 0) is 9.84 Å². The highest BCUT2D eigenvalue weighted by atomic mass is 35.5. The molecule has 0 radical (unpaired) electrons. The first kappa shape index (κ1) is 18.4. The van der Waals surface area contributed by atoms with Crippen LogP contribution in [0.2, 0.25) is 10.0 Å². The lowest BCUT2D eigenvalue weighted by Crippen LogP contribution is -2.26. The molecule has 2 aromatic rings. The molecule has 0 fully saturated rings. The number of nitriles is 1. The summed E-state index contributed by atoms with van der Waals surface area (Å²) in [6.07, 6.45) is 2.67. The maximum Gasteiger partial charge on any atom is 0.214 e. The maximum atomic E-state index is 11.5. The van der Waals surface area contributed by atoms with Gasteiger partial charge in [-0.1, -0.05) is 29.3 Å². The lowest BCUT2D eigenvalue weighted by Gasteiger charge is -2.08. The standard InChI is InChI=1S/C13H10Cl2N4O3S2/c1-24(21,22)12-11(20)9(5-23-12)19-13(17-6-16)18-8-4-2-3-7(14)10(8)15/h2-5,20H,1H3,(H2,17,18,19). The van der Waals surface area contributed by atoms with E-state index in [9.17, 15) is 13.5 Å². The summed E-state index contributed by atoms with van der Waals surface area (Å²) in [5, 5.41) is 25.6. The molecule has 11 heteroatoms. The number of aromatic hydroxyl groups is 1. The van der Waals surface area contributed by atoms with Gasteiger partial charge in [-0.15, -0.1) is 11.3 Å². The summed E-state index contributed by atoms with van der Waals surface area (Å²) in [4.78, 5) is 4.12. The van der Waals surface area contributed by atoms with Crippen molar-refractivity contribution in [2.75, 3.05) is 11.6 Å². The number of thiophene rings is 1. The summed E-state index contributed by atoms with van der Waals surface area (Å²) >= 11 is 12.8. The number of nitrogens with zero attached hydrogens (tertiary/aromatic N) is 2. The SMILES string of the molecule is CS(=O)(=O)c1scc(NC(=Nc2cccc(Cl)c2Cl)NC#N)c1O. The van der Waals surface area contributed by atoms with E-state index in [4.69, 9.17) is 28.5 Å². The molecule has 0 amide bonds. The van der Waals surface area contributed by atoms with Crippen LogP contribution >= 0.6 is 34.5 Å². The van der Waals surface area contributed by atoms with Crippen LogP contribution in [-0.4, -0.2) is 25.7 Å². The molecule has 24 heavy (non-hydrogen) atoms. The van der Waals surface area contributed by atoms with E-state index in [1.165, 1.54) is 5.38 Å². The summed E-state index contributed by atoms with van der Waals surface area (Å²) < 4.78 is 22.9. The van der Waals surface area contributed by atoms with Gasteiger partial charge >= 0.3 is 0 Å². The van der Waals surface area contributed by atoms with Crippen LogP contribution in [0.15, 0.2) is 32.8 Å². The molecule has 0 saturated carbocycles. The minimum Gasteiger partial charge on any atom is -0.504 e. The van der Waals surface area contributed by atoms with Crippen molar-refractivity contribution in [3.63, 3.8) is 0 Å². The van der Waals surface area contributed by atoms with Crippen LogP contribution in [0, 0.1) is 11.5 Å². The first-order valence-corrected chi connectivity index (χ1v) is 9.72. The van der Waals surface area contributed by atoms with Crippen molar-refractivity contribution in [2.24, 2.45) is 4.99 Å². The zero-order chi connectivity index (χ0) is 17.9. The van der Waals surface area contributed by atoms with Gasteiger partial charge in [0.05, 0.1) is 21.4 Å². The fourth-order valence-electron chi connectivity index (χ4n) is 1.65. The van der Waals surface area contributed by atoms with Crippen molar-refractivity contribution in [1.82, 2.24) is 5.32 Å². The lowest BCUT2D eigenvalue weighted by molar-refractivity contribution is 0.467. The molecule has 1 heterocycles. The van der Waals surface area contributed by atoms with Crippen LogP contribution in [0.1, 0.15) is 0 Å². The number of sulfone groups is 1. The van der Waals surface area contributed by atoms with Crippen LogP contribution in [0.5, 0.6) is 5.75 Å². The lowest BCUT2D eigenvalue weighted by atomic mass is 10.3. The van der Waals surface area contributed by atoms with Crippen molar-refractivity contribution in [2.45, 2.75) is 4.21 Å². The van der Waals surface area contributed by atoms with E-state index < -0.39 is 15.6 Å². The molecule has 0 aliphatic carbocycles. The Morgan fingerprint density at radius 3 is 2.71 bits per heavy atom. The summed E-state index contributed by atoms with van der Waals surface area (Å²) in [6.45, 7) is 0. The first-order chi connectivity index (χ1) is 11.2. The van der Waals surface area contributed by atoms with Gasteiger partial charge in [0.1, 0.15) is 0 Å². The Bertz CT molecular complexity index is 949. The number of aliphatic imine (C=N–C) groups is 1. The predicted octanol–water partition coefficient (Wildman–Crippen LogP) is 3.33. The van der Waals surface area contributed by atoms with Crippen LogP contribution in [0.25, 0.3) is 0 Å². The number of benzene rings is 1. The molecule has 0 aliphatic rings. The van der Waals surface area contributed by atoms with E-state index in [0.29, 0.717) is 0 Å². The number of rotatable bonds is 3. The molecule has 1 aromatic heterocycles. The summed E-state index contributed by atoms with van der Waals surface area (Å²) in [6, 6.07) is 4.78. The second kappa shape index (κ2) is 7.27. The monoisotopic (exact) mass is 404 g/mol. The highest BCUT2D eigenvalue weighted by Gasteiger charge is 2.20. The van der Waals surface area contributed by atoms with E-state index in [1.54, 1.807) is 24.4 Å². The number of halogens is 2. The zero-order valence-electron chi connectivity index (χ0n) is 12.0. The molecule has 3 N–H and O–H groups in total. The first-order valence-electron chi connectivity index (χ1n) is 6.19. The third-order valence-electron chi connectivity index (χ3n) is 2.66. The van der Waals surface area contributed by atoms with Gasteiger partial charge in [0.15, 0.2) is 26.0 Å². The van der Waals surface area contributed by atoms with Gasteiger partial charge < -0.3 is 10.4 Å². The van der Waals surface area contributed by atoms with Gasteiger partial charge in [-0.05, 0) is 12.1 Å². The average Bonchev–Trinajstić information content (AvgIpc) is 2.85. The van der Waals surface area contributed by atoms with E-state index in [-0.39, 0.29) is 31.6 Å². The zero-order valence-corrected chi connectivity index (χ0v) is 15.2. The summed E-state index contributed by atoms with van der Waals surface area (Å²) in [5.41, 5.74) is 0.368. The smallest absolute Gasteiger partial charge is 0.214 e. The minimum atomic E-state index is -3.57. The average molecular weight is 405 g/mol. The molecule has 0 spiro atoms. The number of guanidine groups is 1. The van der Waals surface area contributed by atoms with Crippen molar-refractivity contribution >= 4 is 61.7 Å². The van der Waals surface area contributed by atoms with E-state index in [0.717, 1.165) is 17.6 Å². The highest BCUT2D eigenvalue weighted by Crippen LogP contribution is 2.38. The number of anilines is 1. The second-order valence-electron chi connectivity index (χ2n) is 4.45. The third kappa shape index (κ3) is 4.10. The van der Waals surface area contributed by atoms with Crippen LogP contribution in [0.3, 0.4) is 0 Å². The van der Waals surface area contributed by atoms with E-state index in [1.807, 2.05) is 0 Å². The molecule has 2 rings (SSSR count). The molecular weight excluding hydrogens is 395 g/mol. The van der Waals surface area contributed by atoms with Crippen molar-refractivity contribution in [1.29, 1.82) is 5.26 Å². The number of nitrogens with one attached hydrogen (secondary N) is 2. The van der Waals surface area contributed by atoms with Gasteiger partial charge in [0, 0.05) is 11.6 Å². The Balaban J connectivity index is 2.40. The third-order valence-corrected chi connectivity index (χ3v) is 6.29. The van der Waals surface area contributed by atoms with E-state index >= 15 is 0 Å². The Morgan fingerprint density at radius 2 is 2.12 bits per heavy atom. The molecule has 0 bridgehead atoms. The molecule has 0 saturated heterocycles. The summed E-state index contributed by atoms with van der Waals surface area (Å²) in [7, 11) is -3.57. The van der Waals surface area contributed by atoms with Gasteiger partial charge in [0.2, 0.25) is 5.96 Å². The topological polar surface area (TPSA) is 115 Å². The Kier molecular flexibility index (Phi) is 5.56.